The highest BCUT2D eigenvalue weighted by Crippen LogP contribution is 2.39. The second-order valence-electron chi connectivity index (χ2n) is 8.27. The van der Waals surface area contributed by atoms with Crippen molar-refractivity contribution in [1.82, 2.24) is 0 Å². The molecule has 4 heteroatoms. The summed E-state index contributed by atoms with van der Waals surface area (Å²) in [6.07, 6.45) is 0.827. The van der Waals surface area contributed by atoms with Crippen LogP contribution in [0.3, 0.4) is 0 Å². The number of carbonyl (C=O) groups excluding carboxylic acids is 1. The second kappa shape index (κ2) is 8.75. The molecule has 4 nitrogen and oxygen atoms in total. The van der Waals surface area contributed by atoms with E-state index in [4.69, 9.17) is 4.74 Å². The third kappa shape index (κ3) is 4.04. The van der Waals surface area contributed by atoms with Gasteiger partial charge < -0.3 is 15.0 Å². The summed E-state index contributed by atoms with van der Waals surface area (Å²) >= 11 is 0. The molecule has 1 aliphatic heterocycles. The highest BCUT2D eigenvalue weighted by Gasteiger charge is 2.33. The number of rotatable bonds is 5. The lowest BCUT2D eigenvalue weighted by Gasteiger charge is -2.40. The minimum Gasteiger partial charge on any atom is -0.484 e. The lowest BCUT2D eigenvalue weighted by atomic mass is 9.91. The van der Waals surface area contributed by atoms with Gasteiger partial charge in [0.15, 0.2) is 6.61 Å². The molecule has 4 aromatic carbocycles. The van der Waals surface area contributed by atoms with Crippen molar-refractivity contribution in [2.45, 2.75) is 25.4 Å². The van der Waals surface area contributed by atoms with Gasteiger partial charge >= 0.3 is 0 Å². The molecule has 32 heavy (non-hydrogen) atoms. The molecule has 1 N–H and O–H groups in total. The summed E-state index contributed by atoms with van der Waals surface area (Å²) in [5.74, 6) is 0.676. The molecule has 2 atom stereocenters. The van der Waals surface area contributed by atoms with Crippen LogP contribution in [0.2, 0.25) is 0 Å². The van der Waals surface area contributed by atoms with E-state index in [2.05, 4.69) is 36.5 Å². The zero-order valence-corrected chi connectivity index (χ0v) is 18.1. The highest BCUT2D eigenvalue weighted by molar-refractivity contribution is 5.96. The number of fused-ring (bicyclic) bond motifs is 2. The van der Waals surface area contributed by atoms with E-state index in [9.17, 15) is 4.79 Å². The molecule has 0 bridgehead atoms. The van der Waals surface area contributed by atoms with Crippen molar-refractivity contribution >= 4 is 28.1 Å². The van der Waals surface area contributed by atoms with Crippen LogP contribution in [0.15, 0.2) is 97.1 Å². The topological polar surface area (TPSA) is 41.6 Å². The number of anilines is 2. The van der Waals surface area contributed by atoms with Gasteiger partial charge in [0.2, 0.25) is 0 Å². The molecule has 0 saturated heterocycles. The Labute approximate surface area is 188 Å². The summed E-state index contributed by atoms with van der Waals surface area (Å²) in [6, 6.07) is 32.6. The van der Waals surface area contributed by atoms with E-state index in [1.807, 2.05) is 77.7 Å². The first-order chi connectivity index (χ1) is 15.7. The summed E-state index contributed by atoms with van der Waals surface area (Å²) in [7, 11) is 0. The van der Waals surface area contributed by atoms with Crippen molar-refractivity contribution in [2.75, 3.05) is 16.8 Å². The van der Waals surface area contributed by atoms with Crippen molar-refractivity contribution in [2.24, 2.45) is 0 Å². The second-order valence-corrected chi connectivity index (χ2v) is 8.27. The van der Waals surface area contributed by atoms with E-state index in [1.54, 1.807) is 0 Å². The van der Waals surface area contributed by atoms with Gasteiger partial charge in [-0.3, -0.25) is 4.79 Å². The first kappa shape index (κ1) is 20.1. The van der Waals surface area contributed by atoms with Crippen LogP contribution >= 0.6 is 0 Å². The minimum absolute atomic E-state index is 0.00773. The molecule has 160 valence electrons. The van der Waals surface area contributed by atoms with Crippen LogP contribution in [-0.2, 0) is 4.79 Å². The standard InChI is InChI=1S/C28H26N2O2/c1-20-17-26(29-23-11-3-2-4-12-23)25-13-7-8-14-27(25)30(20)28(31)19-32-24-16-15-21-9-5-6-10-22(21)18-24/h2-16,18,20,26,29H,17,19H2,1H3/t20-,26-/m1/s1. The SMILES string of the molecule is C[C@@H]1C[C@@H](Nc2ccccc2)c2ccccc2N1C(=O)COc1ccc2ccccc2c1. The lowest BCUT2D eigenvalue weighted by Crippen LogP contribution is -2.46. The molecule has 0 fully saturated rings. The maximum Gasteiger partial charge on any atom is 0.265 e. The van der Waals surface area contributed by atoms with Gasteiger partial charge in [-0.1, -0.05) is 66.7 Å². The van der Waals surface area contributed by atoms with Crippen molar-refractivity contribution in [3.8, 4) is 5.75 Å². The van der Waals surface area contributed by atoms with E-state index < -0.39 is 0 Å². The van der Waals surface area contributed by atoms with E-state index in [1.165, 1.54) is 0 Å². The largest absolute Gasteiger partial charge is 0.484 e. The average Bonchev–Trinajstić information content (AvgIpc) is 2.83. The van der Waals surface area contributed by atoms with E-state index in [-0.39, 0.29) is 24.6 Å². The Kier molecular flexibility index (Phi) is 5.51. The zero-order chi connectivity index (χ0) is 21.9. The van der Waals surface area contributed by atoms with Gasteiger partial charge in [-0.05, 0) is 60.0 Å². The fraction of sp³-hybridized carbons (Fsp3) is 0.179. The summed E-state index contributed by atoms with van der Waals surface area (Å²) in [4.78, 5) is 15.1. The number of ether oxygens (including phenoxy) is 1. The monoisotopic (exact) mass is 422 g/mol. The van der Waals surface area contributed by atoms with Gasteiger partial charge in [0.25, 0.3) is 5.91 Å². The van der Waals surface area contributed by atoms with Crippen molar-refractivity contribution in [3.63, 3.8) is 0 Å². The van der Waals surface area contributed by atoms with Crippen LogP contribution in [-0.4, -0.2) is 18.6 Å². The number of carbonyl (C=O) groups is 1. The Morgan fingerprint density at radius 1 is 0.906 bits per heavy atom. The molecule has 0 aromatic heterocycles. The van der Waals surface area contributed by atoms with Gasteiger partial charge in [-0.2, -0.15) is 0 Å². The van der Waals surface area contributed by atoms with Crippen molar-refractivity contribution in [1.29, 1.82) is 0 Å². The molecule has 0 aliphatic carbocycles. The molecule has 4 aromatic rings. The Morgan fingerprint density at radius 2 is 1.62 bits per heavy atom. The fourth-order valence-electron chi connectivity index (χ4n) is 4.54. The molecular weight excluding hydrogens is 396 g/mol. The molecule has 5 rings (SSSR count). The van der Waals surface area contributed by atoms with Crippen LogP contribution in [0.1, 0.15) is 24.9 Å². The fourth-order valence-corrected chi connectivity index (χ4v) is 4.54. The smallest absolute Gasteiger partial charge is 0.265 e. The summed E-state index contributed by atoms with van der Waals surface area (Å²) in [5.41, 5.74) is 3.17. The van der Waals surface area contributed by atoms with Crippen LogP contribution in [0, 0.1) is 0 Å². The Bertz CT molecular complexity index is 1240. The van der Waals surface area contributed by atoms with Crippen molar-refractivity contribution < 1.29 is 9.53 Å². The first-order valence-corrected chi connectivity index (χ1v) is 11.0. The van der Waals surface area contributed by atoms with Gasteiger partial charge in [0.1, 0.15) is 5.75 Å². The number of para-hydroxylation sites is 2. The van der Waals surface area contributed by atoms with Crippen molar-refractivity contribution in [3.05, 3.63) is 103 Å². The van der Waals surface area contributed by atoms with Crippen LogP contribution in [0.25, 0.3) is 10.8 Å². The number of hydrogen-bond acceptors (Lipinski definition) is 3. The van der Waals surface area contributed by atoms with E-state index in [0.717, 1.165) is 34.1 Å². The summed E-state index contributed by atoms with van der Waals surface area (Å²) in [6.45, 7) is 2.11. The highest BCUT2D eigenvalue weighted by atomic mass is 16.5. The lowest BCUT2D eigenvalue weighted by molar-refractivity contribution is -0.121. The Morgan fingerprint density at radius 3 is 2.47 bits per heavy atom. The third-order valence-corrected chi connectivity index (χ3v) is 6.06. The number of hydrogen-bond donors (Lipinski definition) is 1. The Hall–Kier alpha value is -3.79. The predicted octanol–water partition coefficient (Wildman–Crippen LogP) is 6.20. The van der Waals surface area contributed by atoms with Gasteiger partial charge in [0.05, 0.1) is 6.04 Å². The molecular formula is C28H26N2O2. The maximum absolute atomic E-state index is 13.3. The maximum atomic E-state index is 13.3. The molecule has 0 saturated carbocycles. The quantitative estimate of drug-likeness (QED) is 0.416. The molecule has 0 spiro atoms. The molecule has 1 heterocycles. The molecule has 1 aliphatic rings. The minimum atomic E-state index is -0.0312. The van der Waals surface area contributed by atoms with Crippen LogP contribution < -0.4 is 15.0 Å². The zero-order valence-electron chi connectivity index (χ0n) is 18.1. The molecule has 0 radical (unpaired) electrons. The summed E-state index contributed by atoms with van der Waals surface area (Å²) in [5, 5.41) is 5.89. The number of nitrogens with zero attached hydrogens (tertiary/aromatic N) is 1. The van der Waals surface area contributed by atoms with Gasteiger partial charge in [-0.15, -0.1) is 0 Å². The van der Waals surface area contributed by atoms with E-state index in [0.29, 0.717) is 5.75 Å². The first-order valence-electron chi connectivity index (χ1n) is 11.0. The molecule has 1 amide bonds. The van der Waals surface area contributed by atoms with Crippen LogP contribution in [0.5, 0.6) is 5.75 Å². The average molecular weight is 423 g/mol. The van der Waals surface area contributed by atoms with E-state index >= 15 is 0 Å². The molecule has 0 unspecified atom stereocenters. The summed E-state index contributed by atoms with van der Waals surface area (Å²) < 4.78 is 5.91. The van der Waals surface area contributed by atoms with Gasteiger partial charge in [0, 0.05) is 17.4 Å². The third-order valence-electron chi connectivity index (χ3n) is 6.06. The normalized spacial score (nSPS) is 17.6. The number of benzene rings is 4. The van der Waals surface area contributed by atoms with Gasteiger partial charge in [-0.25, -0.2) is 0 Å². The van der Waals surface area contributed by atoms with Crippen LogP contribution in [0.4, 0.5) is 11.4 Å². The Balaban J connectivity index is 1.34. The predicted molar refractivity (Wildman–Crippen MR) is 130 cm³/mol. The number of nitrogens with one attached hydrogen (secondary N) is 1. The number of amides is 1.